The van der Waals surface area contributed by atoms with Crippen LogP contribution in [-0.2, 0) is 4.74 Å². The highest BCUT2D eigenvalue weighted by Crippen LogP contribution is 2.25. The first-order valence-corrected chi connectivity index (χ1v) is 6.22. The van der Waals surface area contributed by atoms with Gasteiger partial charge in [-0.2, -0.15) is 0 Å². The summed E-state index contributed by atoms with van der Waals surface area (Å²) in [6, 6.07) is 1.51. The molecule has 0 aromatic heterocycles. The predicted molar refractivity (Wildman–Crippen MR) is 62.1 cm³/mol. The molecule has 2 fully saturated rings. The Morgan fingerprint density at radius 2 is 2.13 bits per heavy atom. The zero-order chi connectivity index (χ0) is 10.8. The first-order valence-electron chi connectivity index (χ1n) is 6.22. The number of likely N-dealkylation sites (N-methyl/N-ethyl adjacent to an activating group) is 1. The highest BCUT2D eigenvalue weighted by atomic mass is 16.5. The first kappa shape index (κ1) is 11.4. The van der Waals surface area contributed by atoms with Crippen molar-refractivity contribution in [3.05, 3.63) is 0 Å². The number of ether oxygens (including phenoxy) is 1. The van der Waals surface area contributed by atoms with Crippen LogP contribution in [-0.4, -0.2) is 61.3 Å². The van der Waals surface area contributed by atoms with Gasteiger partial charge >= 0.3 is 0 Å². The lowest BCUT2D eigenvalue weighted by Gasteiger charge is -2.37. The number of morpholine rings is 1. The molecule has 2 aliphatic rings. The van der Waals surface area contributed by atoms with Gasteiger partial charge in [0.1, 0.15) is 0 Å². The Labute approximate surface area is 93.4 Å². The second kappa shape index (κ2) is 4.81. The fraction of sp³-hybridized carbons (Fsp3) is 1.00. The summed E-state index contributed by atoms with van der Waals surface area (Å²) in [7, 11) is 2.23. The van der Waals surface area contributed by atoms with E-state index in [0.29, 0.717) is 12.1 Å². The van der Waals surface area contributed by atoms with Crippen LogP contribution in [0, 0.1) is 0 Å². The van der Waals surface area contributed by atoms with E-state index in [4.69, 9.17) is 4.74 Å². The van der Waals surface area contributed by atoms with E-state index >= 15 is 0 Å². The van der Waals surface area contributed by atoms with Crippen LogP contribution in [0.5, 0.6) is 0 Å². The van der Waals surface area contributed by atoms with Crippen LogP contribution in [0.2, 0.25) is 0 Å². The van der Waals surface area contributed by atoms with Gasteiger partial charge in [-0.05, 0) is 33.7 Å². The zero-order valence-corrected chi connectivity index (χ0v) is 10.3. The summed E-state index contributed by atoms with van der Waals surface area (Å²) in [6.07, 6.45) is 3.19. The van der Waals surface area contributed by atoms with Gasteiger partial charge in [0, 0.05) is 31.7 Å². The molecule has 0 amide bonds. The number of nitrogens with zero attached hydrogens (tertiary/aromatic N) is 2. The van der Waals surface area contributed by atoms with Crippen LogP contribution < -0.4 is 0 Å². The van der Waals surface area contributed by atoms with E-state index in [9.17, 15) is 0 Å². The summed E-state index contributed by atoms with van der Waals surface area (Å²) in [4.78, 5) is 4.99. The molecule has 1 saturated carbocycles. The molecule has 3 nitrogen and oxygen atoms in total. The molecule has 1 heterocycles. The Bertz CT molecular complexity index is 202. The minimum atomic E-state index is 0.423. The summed E-state index contributed by atoms with van der Waals surface area (Å²) in [5.41, 5.74) is 0. The zero-order valence-electron chi connectivity index (χ0n) is 10.3. The monoisotopic (exact) mass is 212 g/mol. The average molecular weight is 212 g/mol. The van der Waals surface area contributed by atoms with Crippen molar-refractivity contribution in [2.24, 2.45) is 0 Å². The van der Waals surface area contributed by atoms with Gasteiger partial charge < -0.3 is 9.64 Å². The van der Waals surface area contributed by atoms with Crippen molar-refractivity contribution >= 4 is 0 Å². The van der Waals surface area contributed by atoms with E-state index in [2.05, 4.69) is 30.7 Å². The van der Waals surface area contributed by atoms with Crippen molar-refractivity contribution in [1.82, 2.24) is 9.80 Å². The van der Waals surface area contributed by atoms with E-state index in [1.54, 1.807) is 0 Å². The molecule has 1 aliphatic heterocycles. The van der Waals surface area contributed by atoms with Crippen LogP contribution in [0.3, 0.4) is 0 Å². The third-order valence-corrected chi connectivity index (χ3v) is 3.56. The van der Waals surface area contributed by atoms with Crippen LogP contribution in [0.25, 0.3) is 0 Å². The molecule has 88 valence electrons. The molecule has 2 rings (SSSR count). The van der Waals surface area contributed by atoms with Gasteiger partial charge in [0.25, 0.3) is 0 Å². The van der Waals surface area contributed by atoms with Crippen molar-refractivity contribution in [2.75, 3.05) is 33.3 Å². The lowest BCUT2D eigenvalue weighted by atomic mass is 10.2. The average Bonchev–Trinajstić information content (AvgIpc) is 3.01. The van der Waals surface area contributed by atoms with E-state index < -0.39 is 0 Å². The highest BCUT2D eigenvalue weighted by molar-refractivity contribution is 4.85. The molecule has 0 spiro atoms. The Balaban J connectivity index is 1.76. The summed E-state index contributed by atoms with van der Waals surface area (Å²) in [5, 5.41) is 0. The first-order chi connectivity index (χ1) is 7.16. The summed E-state index contributed by atoms with van der Waals surface area (Å²) >= 11 is 0. The highest BCUT2D eigenvalue weighted by Gasteiger charge is 2.30. The Morgan fingerprint density at radius 1 is 1.40 bits per heavy atom. The van der Waals surface area contributed by atoms with Gasteiger partial charge in [-0.25, -0.2) is 0 Å². The maximum Gasteiger partial charge on any atom is 0.0829 e. The standard InChI is InChI=1S/C12H24N2O/c1-10(2)14-6-7-15-12(9-14)8-13(3)11-4-5-11/h10-12H,4-9H2,1-3H3. The summed E-state index contributed by atoms with van der Waals surface area (Å²) in [6.45, 7) is 8.76. The van der Waals surface area contributed by atoms with Crippen LogP contribution in [0.15, 0.2) is 0 Å². The van der Waals surface area contributed by atoms with Crippen molar-refractivity contribution in [3.63, 3.8) is 0 Å². The van der Waals surface area contributed by atoms with E-state index in [1.807, 2.05) is 0 Å². The molecular weight excluding hydrogens is 188 g/mol. The van der Waals surface area contributed by atoms with Crippen LogP contribution >= 0.6 is 0 Å². The third kappa shape index (κ3) is 3.16. The lowest BCUT2D eigenvalue weighted by Crippen LogP contribution is -2.49. The van der Waals surface area contributed by atoms with Crippen molar-refractivity contribution < 1.29 is 4.74 Å². The van der Waals surface area contributed by atoms with Gasteiger partial charge in [0.15, 0.2) is 0 Å². The summed E-state index contributed by atoms with van der Waals surface area (Å²) < 4.78 is 5.82. The fourth-order valence-electron chi connectivity index (χ4n) is 2.31. The molecule has 0 radical (unpaired) electrons. The molecule has 1 saturated heterocycles. The van der Waals surface area contributed by atoms with Gasteiger partial charge in [0.2, 0.25) is 0 Å². The fourth-order valence-corrected chi connectivity index (χ4v) is 2.31. The SMILES string of the molecule is CC(C)N1CCOC(CN(C)C2CC2)C1. The second-order valence-corrected chi connectivity index (χ2v) is 5.25. The molecule has 0 aromatic rings. The smallest absolute Gasteiger partial charge is 0.0829 e. The summed E-state index contributed by atoms with van der Waals surface area (Å²) in [5.74, 6) is 0. The van der Waals surface area contributed by atoms with Gasteiger partial charge in [-0.15, -0.1) is 0 Å². The van der Waals surface area contributed by atoms with Gasteiger partial charge in [0.05, 0.1) is 12.7 Å². The topological polar surface area (TPSA) is 15.7 Å². The molecule has 0 bridgehead atoms. The maximum atomic E-state index is 5.82. The third-order valence-electron chi connectivity index (χ3n) is 3.56. The molecule has 1 atom stereocenters. The quantitative estimate of drug-likeness (QED) is 0.696. The Hall–Kier alpha value is -0.120. The van der Waals surface area contributed by atoms with E-state index in [-0.39, 0.29) is 0 Å². The molecule has 0 aromatic carbocycles. The van der Waals surface area contributed by atoms with Gasteiger partial charge in [-0.3, -0.25) is 4.90 Å². The predicted octanol–water partition coefficient (Wildman–Crippen LogP) is 1.19. The Kier molecular flexibility index (Phi) is 3.65. The van der Waals surface area contributed by atoms with E-state index in [1.165, 1.54) is 12.8 Å². The maximum absolute atomic E-state index is 5.82. The molecule has 1 aliphatic carbocycles. The van der Waals surface area contributed by atoms with Crippen molar-refractivity contribution in [2.45, 2.75) is 44.9 Å². The normalized spacial score (nSPS) is 29.0. The number of hydrogen-bond donors (Lipinski definition) is 0. The molecule has 0 N–H and O–H groups in total. The largest absolute Gasteiger partial charge is 0.374 e. The van der Waals surface area contributed by atoms with E-state index in [0.717, 1.165) is 32.3 Å². The molecule has 3 heteroatoms. The second-order valence-electron chi connectivity index (χ2n) is 5.25. The minimum absolute atomic E-state index is 0.423. The lowest BCUT2D eigenvalue weighted by molar-refractivity contribution is -0.0503. The molecule has 1 unspecified atom stereocenters. The molecule has 15 heavy (non-hydrogen) atoms. The minimum Gasteiger partial charge on any atom is -0.374 e. The van der Waals surface area contributed by atoms with Crippen LogP contribution in [0.1, 0.15) is 26.7 Å². The Morgan fingerprint density at radius 3 is 2.73 bits per heavy atom. The van der Waals surface area contributed by atoms with Crippen molar-refractivity contribution in [1.29, 1.82) is 0 Å². The molecular formula is C12H24N2O. The van der Waals surface area contributed by atoms with Gasteiger partial charge in [-0.1, -0.05) is 0 Å². The van der Waals surface area contributed by atoms with Crippen molar-refractivity contribution in [3.8, 4) is 0 Å². The number of rotatable bonds is 4. The number of hydrogen-bond acceptors (Lipinski definition) is 3. The van der Waals surface area contributed by atoms with Crippen LogP contribution in [0.4, 0.5) is 0 Å².